The van der Waals surface area contributed by atoms with Crippen LogP contribution >= 0.6 is 0 Å². The molecule has 0 bridgehead atoms. The summed E-state index contributed by atoms with van der Waals surface area (Å²) >= 11 is 0. The van der Waals surface area contributed by atoms with Crippen molar-refractivity contribution in [1.29, 1.82) is 0 Å². The molecule has 0 aliphatic heterocycles. The molecule has 0 radical (unpaired) electrons. The van der Waals surface area contributed by atoms with Gasteiger partial charge in [-0.25, -0.2) is 13.6 Å². The maximum Gasteiger partial charge on any atom is 0.422 e. The van der Waals surface area contributed by atoms with Crippen molar-refractivity contribution >= 4 is 11.9 Å². The van der Waals surface area contributed by atoms with Gasteiger partial charge in [0.15, 0.2) is 11.6 Å². The van der Waals surface area contributed by atoms with E-state index in [9.17, 15) is 31.5 Å². The van der Waals surface area contributed by atoms with Crippen molar-refractivity contribution in [3.63, 3.8) is 0 Å². The van der Waals surface area contributed by atoms with Crippen LogP contribution in [-0.4, -0.2) is 28.7 Å². The predicted octanol–water partition coefficient (Wildman–Crippen LogP) is 2.03. The fourth-order valence-corrected chi connectivity index (χ4v) is 1.43. The Morgan fingerprint density at radius 2 is 1.81 bits per heavy atom. The fourth-order valence-electron chi connectivity index (χ4n) is 1.43. The van der Waals surface area contributed by atoms with E-state index in [1.807, 2.05) is 0 Å². The zero-order valence-electron chi connectivity index (χ0n) is 10.6. The van der Waals surface area contributed by atoms with Crippen molar-refractivity contribution in [2.75, 3.05) is 0 Å². The normalized spacial score (nSPS) is 14.4. The van der Waals surface area contributed by atoms with Crippen LogP contribution in [0.5, 0.6) is 0 Å². The van der Waals surface area contributed by atoms with Crippen LogP contribution in [0, 0.1) is 11.6 Å². The van der Waals surface area contributed by atoms with Gasteiger partial charge in [-0.05, 0) is 13.0 Å². The van der Waals surface area contributed by atoms with Gasteiger partial charge in [0, 0.05) is 5.56 Å². The largest absolute Gasteiger partial charge is 0.479 e. The molecule has 0 aromatic heterocycles. The molecule has 4 nitrogen and oxygen atoms in total. The lowest BCUT2D eigenvalue weighted by atomic mass is 10.0. The Balaban J connectivity index is 2.95. The Hall–Kier alpha value is -2.19. The second kappa shape index (κ2) is 5.66. The molecule has 0 spiro atoms. The molecule has 0 fully saturated rings. The van der Waals surface area contributed by atoms with Crippen LogP contribution in [0.2, 0.25) is 0 Å². The molecule has 2 N–H and O–H groups in total. The maximum absolute atomic E-state index is 13.3. The predicted molar refractivity (Wildman–Crippen MR) is 60.3 cm³/mol. The highest BCUT2D eigenvalue weighted by molar-refractivity contribution is 5.88. The van der Waals surface area contributed by atoms with E-state index in [1.165, 1.54) is 5.32 Å². The lowest BCUT2D eigenvalue weighted by Gasteiger charge is -2.28. The number of nitrogens with one attached hydrogen (secondary N) is 1. The molecule has 1 unspecified atom stereocenters. The number of carboxylic acids is 1. The molecule has 1 aromatic rings. The van der Waals surface area contributed by atoms with Crippen LogP contribution in [-0.2, 0) is 16.0 Å². The van der Waals surface area contributed by atoms with Crippen molar-refractivity contribution in [3.05, 3.63) is 35.4 Å². The molecule has 0 saturated carbocycles. The van der Waals surface area contributed by atoms with Crippen LogP contribution in [0.4, 0.5) is 22.0 Å². The molecule has 0 aliphatic rings. The van der Waals surface area contributed by atoms with E-state index < -0.39 is 47.2 Å². The van der Waals surface area contributed by atoms with Crippen LogP contribution in [0.25, 0.3) is 0 Å². The summed E-state index contributed by atoms with van der Waals surface area (Å²) in [7, 11) is 0. The summed E-state index contributed by atoms with van der Waals surface area (Å²) in [5.41, 5.74) is -4.00. The van der Waals surface area contributed by atoms with Crippen molar-refractivity contribution in [1.82, 2.24) is 5.32 Å². The van der Waals surface area contributed by atoms with Crippen molar-refractivity contribution in [2.45, 2.75) is 25.1 Å². The van der Waals surface area contributed by atoms with Gasteiger partial charge in [-0.2, -0.15) is 13.2 Å². The molecule has 9 heteroatoms. The third kappa shape index (κ3) is 3.47. The zero-order chi connectivity index (χ0) is 16.4. The Morgan fingerprint density at radius 3 is 2.29 bits per heavy atom. The SMILES string of the molecule is CC(NC(=O)Cc1cccc(F)c1F)(C(=O)O)C(F)(F)F. The highest BCUT2D eigenvalue weighted by atomic mass is 19.4. The Kier molecular flexibility index (Phi) is 4.55. The molecule has 1 aromatic carbocycles. The number of rotatable bonds is 4. The van der Waals surface area contributed by atoms with Crippen LogP contribution in [0.3, 0.4) is 0 Å². The summed E-state index contributed by atoms with van der Waals surface area (Å²) in [6.07, 6.45) is -6.18. The lowest BCUT2D eigenvalue weighted by molar-refractivity contribution is -0.206. The number of aliphatic carboxylic acids is 1. The summed E-state index contributed by atoms with van der Waals surface area (Å²) in [5.74, 6) is -6.36. The fraction of sp³-hybridized carbons (Fsp3) is 0.333. The first-order valence-electron chi connectivity index (χ1n) is 5.53. The van der Waals surface area contributed by atoms with Crippen molar-refractivity contribution < 1.29 is 36.6 Å². The molecule has 21 heavy (non-hydrogen) atoms. The second-order valence-electron chi connectivity index (χ2n) is 4.37. The van der Waals surface area contributed by atoms with Crippen LogP contribution in [0.15, 0.2) is 18.2 Å². The first kappa shape index (κ1) is 16.9. The first-order valence-corrected chi connectivity index (χ1v) is 5.53. The zero-order valence-corrected chi connectivity index (χ0v) is 10.6. The van der Waals surface area contributed by atoms with Gasteiger partial charge in [0.05, 0.1) is 6.42 Å². The number of hydrogen-bond donors (Lipinski definition) is 2. The van der Waals surface area contributed by atoms with E-state index >= 15 is 0 Å². The standard InChI is InChI=1S/C12H10F5NO3/c1-11(10(20)21,12(15,16)17)18-8(19)5-6-3-2-4-7(13)9(6)14/h2-4H,5H2,1H3,(H,18,19)(H,20,21). The summed E-state index contributed by atoms with van der Waals surface area (Å²) < 4.78 is 64.2. The Labute approximate surface area is 115 Å². The number of carboxylic acid groups (broad SMARTS) is 1. The van der Waals surface area contributed by atoms with Gasteiger partial charge in [0.2, 0.25) is 11.4 Å². The van der Waals surface area contributed by atoms with Gasteiger partial charge in [-0.1, -0.05) is 12.1 Å². The van der Waals surface area contributed by atoms with Gasteiger partial charge in [-0.15, -0.1) is 0 Å². The third-order valence-corrected chi connectivity index (χ3v) is 2.77. The monoisotopic (exact) mass is 311 g/mol. The highest BCUT2D eigenvalue weighted by Gasteiger charge is 2.58. The third-order valence-electron chi connectivity index (χ3n) is 2.77. The smallest absolute Gasteiger partial charge is 0.422 e. The van der Waals surface area contributed by atoms with Crippen molar-refractivity contribution in [3.8, 4) is 0 Å². The molecule has 0 aliphatic carbocycles. The minimum atomic E-state index is -5.25. The van der Waals surface area contributed by atoms with E-state index in [0.29, 0.717) is 0 Å². The first-order chi connectivity index (χ1) is 9.49. The quantitative estimate of drug-likeness (QED) is 0.836. The summed E-state index contributed by atoms with van der Waals surface area (Å²) in [6, 6.07) is 2.85. The number of halogens is 5. The number of alkyl halides is 3. The summed E-state index contributed by atoms with van der Waals surface area (Å²) in [6.45, 7) is 0.259. The molecule has 1 amide bonds. The van der Waals surface area contributed by atoms with E-state index in [1.54, 1.807) is 0 Å². The molecule has 116 valence electrons. The van der Waals surface area contributed by atoms with Gasteiger partial charge >= 0.3 is 12.1 Å². The number of carbonyl (C=O) groups excluding carboxylic acids is 1. The van der Waals surface area contributed by atoms with Crippen molar-refractivity contribution in [2.24, 2.45) is 0 Å². The van der Waals surface area contributed by atoms with Gasteiger partial charge < -0.3 is 10.4 Å². The van der Waals surface area contributed by atoms with E-state index in [-0.39, 0.29) is 6.92 Å². The minimum Gasteiger partial charge on any atom is -0.479 e. The average molecular weight is 311 g/mol. The highest BCUT2D eigenvalue weighted by Crippen LogP contribution is 2.30. The maximum atomic E-state index is 13.3. The number of carbonyl (C=O) groups is 2. The molecular formula is C12H10F5NO3. The van der Waals surface area contributed by atoms with E-state index in [0.717, 1.165) is 18.2 Å². The molecule has 0 saturated heterocycles. The van der Waals surface area contributed by atoms with Gasteiger partial charge in [0.1, 0.15) is 0 Å². The molecule has 1 atom stereocenters. The second-order valence-corrected chi connectivity index (χ2v) is 4.37. The topological polar surface area (TPSA) is 66.4 Å². The Morgan fingerprint density at radius 1 is 1.24 bits per heavy atom. The Bertz CT molecular complexity index is 573. The minimum absolute atomic E-state index is 0.259. The lowest BCUT2D eigenvalue weighted by Crippen LogP contribution is -2.62. The molecule has 1 rings (SSSR count). The van der Waals surface area contributed by atoms with Gasteiger partial charge in [-0.3, -0.25) is 4.79 Å². The number of amides is 1. The average Bonchev–Trinajstić information content (AvgIpc) is 2.33. The van der Waals surface area contributed by atoms with Crippen LogP contribution < -0.4 is 5.32 Å². The van der Waals surface area contributed by atoms with E-state index in [4.69, 9.17) is 5.11 Å². The summed E-state index contributed by atoms with van der Waals surface area (Å²) in [5, 5.41) is 9.89. The summed E-state index contributed by atoms with van der Waals surface area (Å²) in [4.78, 5) is 22.2. The van der Waals surface area contributed by atoms with Gasteiger partial charge in [0.25, 0.3) is 0 Å². The number of hydrogen-bond acceptors (Lipinski definition) is 2. The van der Waals surface area contributed by atoms with E-state index in [2.05, 4.69) is 0 Å². The van der Waals surface area contributed by atoms with Crippen LogP contribution in [0.1, 0.15) is 12.5 Å². The number of benzene rings is 1. The molecule has 0 heterocycles. The molecular weight excluding hydrogens is 301 g/mol.